The van der Waals surface area contributed by atoms with Crippen LogP contribution in [0.4, 0.5) is 14.5 Å². The van der Waals surface area contributed by atoms with E-state index in [1.165, 1.54) is 30.3 Å². The molecule has 0 atom stereocenters. The molecule has 0 fully saturated rings. The van der Waals surface area contributed by atoms with Gasteiger partial charge in [-0.3, -0.25) is 9.69 Å². The quantitative estimate of drug-likeness (QED) is 0.752. The van der Waals surface area contributed by atoms with Crippen LogP contribution in [0.1, 0.15) is 5.56 Å². The lowest BCUT2D eigenvalue weighted by Crippen LogP contribution is -2.35. The number of hydrogen-bond donors (Lipinski definition) is 2. The first-order valence-electron chi connectivity index (χ1n) is 7.30. The maximum Gasteiger partial charge on any atom is 0.238 e. The molecule has 7 heteroatoms. The Morgan fingerprint density at radius 3 is 2.54 bits per heavy atom. The van der Waals surface area contributed by atoms with Crippen LogP contribution < -0.4 is 5.32 Å². The number of carbonyl (C=O) groups is 1. The van der Waals surface area contributed by atoms with Crippen molar-refractivity contribution in [3.8, 4) is 0 Å². The highest BCUT2D eigenvalue weighted by atomic mass is 79.9. The van der Waals surface area contributed by atoms with Gasteiger partial charge in [0.2, 0.25) is 5.91 Å². The number of aliphatic hydroxyl groups is 1. The van der Waals surface area contributed by atoms with E-state index in [1.54, 1.807) is 17.0 Å². The molecule has 24 heavy (non-hydrogen) atoms. The van der Waals surface area contributed by atoms with E-state index in [0.29, 0.717) is 11.3 Å². The summed E-state index contributed by atoms with van der Waals surface area (Å²) in [4.78, 5) is 13.7. The third-order valence-corrected chi connectivity index (χ3v) is 3.81. The standard InChI is InChI=1S/C17H17BrF2N2O2/c18-13-1-6-16(20)12(9-13)10-22(7-8-23)11-17(24)21-15-4-2-14(19)3-5-15/h1-6,9,23H,7-8,10-11H2,(H,21,24). The van der Waals surface area contributed by atoms with Gasteiger partial charge in [-0.1, -0.05) is 15.9 Å². The zero-order valence-corrected chi connectivity index (χ0v) is 14.4. The Morgan fingerprint density at radius 2 is 1.88 bits per heavy atom. The molecule has 0 aliphatic rings. The highest BCUT2D eigenvalue weighted by molar-refractivity contribution is 9.10. The number of nitrogens with zero attached hydrogens (tertiary/aromatic N) is 1. The van der Waals surface area contributed by atoms with Crippen molar-refractivity contribution in [2.24, 2.45) is 0 Å². The molecule has 0 heterocycles. The minimum absolute atomic E-state index is 0.0239. The van der Waals surface area contributed by atoms with Crippen LogP contribution in [-0.2, 0) is 11.3 Å². The van der Waals surface area contributed by atoms with Crippen molar-refractivity contribution in [1.82, 2.24) is 4.90 Å². The summed E-state index contributed by atoms with van der Waals surface area (Å²) in [6.07, 6.45) is 0. The molecule has 0 unspecified atom stereocenters. The topological polar surface area (TPSA) is 52.6 Å². The maximum absolute atomic E-state index is 13.8. The summed E-state index contributed by atoms with van der Waals surface area (Å²) >= 11 is 3.28. The van der Waals surface area contributed by atoms with Crippen LogP contribution in [-0.4, -0.2) is 35.6 Å². The minimum Gasteiger partial charge on any atom is -0.395 e. The van der Waals surface area contributed by atoms with Gasteiger partial charge >= 0.3 is 0 Å². The predicted octanol–water partition coefficient (Wildman–Crippen LogP) is 3.16. The predicted molar refractivity (Wildman–Crippen MR) is 91.5 cm³/mol. The first kappa shape index (κ1) is 18.5. The van der Waals surface area contributed by atoms with Crippen LogP contribution in [0.25, 0.3) is 0 Å². The second kappa shape index (κ2) is 8.86. The molecule has 0 bridgehead atoms. The Bertz CT molecular complexity index is 695. The van der Waals surface area contributed by atoms with Crippen molar-refractivity contribution in [2.75, 3.05) is 25.0 Å². The number of anilines is 1. The van der Waals surface area contributed by atoms with Gasteiger partial charge in [-0.05, 0) is 42.5 Å². The summed E-state index contributed by atoms with van der Waals surface area (Å²) in [7, 11) is 0. The van der Waals surface area contributed by atoms with Gasteiger partial charge in [-0.2, -0.15) is 0 Å². The monoisotopic (exact) mass is 398 g/mol. The van der Waals surface area contributed by atoms with E-state index in [0.717, 1.165) is 4.47 Å². The fourth-order valence-corrected chi connectivity index (χ4v) is 2.61. The summed E-state index contributed by atoms with van der Waals surface area (Å²) in [5.74, 6) is -1.09. The van der Waals surface area contributed by atoms with Crippen LogP contribution in [0, 0.1) is 11.6 Å². The molecule has 2 N–H and O–H groups in total. The van der Waals surface area contributed by atoms with E-state index in [1.807, 2.05) is 0 Å². The Labute approximate surface area is 147 Å². The smallest absolute Gasteiger partial charge is 0.238 e. The Balaban J connectivity index is 2.00. The molecule has 1 amide bonds. The third kappa shape index (κ3) is 5.67. The first-order chi connectivity index (χ1) is 11.5. The molecule has 0 aromatic heterocycles. The van der Waals surface area contributed by atoms with E-state index < -0.39 is 0 Å². The van der Waals surface area contributed by atoms with Crippen LogP contribution in [0.15, 0.2) is 46.9 Å². The van der Waals surface area contributed by atoms with Gasteiger partial charge in [0.1, 0.15) is 11.6 Å². The Morgan fingerprint density at radius 1 is 1.17 bits per heavy atom. The Hall–Kier alpha value is -1.83. The van der Waals surface area contributed by atoms with Crippen LogP contribution in [0.2, 0.25) is 0 Å². The van der Waals surface area contributed by atoms with Crippen LogP contribution >= 0.6 is 15.9 Å². The van der Waals surface area contributed by atoms with E-state index >= 15 is 0 Å². The number of rotatable bonds is 7. The van der Waals surface area contributed by atoms with Gasteiger partial charge in [0.05, 0.1) is 13.2 Å². The number of aliphatic hydroxyl groups excluding tert-OH is 1. The molecule has 4 nitrogen and oxygen atoms in total. The van der Waals surface area contributed by atoms with Gasteiger partial charge in [-0.15, -0.1) is 0 Å². The second-order valence-electron chi connectivity index (χ2n) is 5.23. The van der Waals surface area contributed by atoms with Crippen LogP contribution in [0.5, 0.6) is 0 Å². The second-order valence-corrected chi connectivity index (χ2v) is 6.14. The fourth-order valence-electron chi connectivity index (χ4n) is 2.20. The summed E-state index contributed by atoms with van der Waals surface area (Å²) < 4.78 is 27.4. The first-order valence-corrected chi connectivity index (χ1v) is 8.10. The molecule has 0 saturated carbocycles. The molecule has 0 saturated heterocycles. The molecule has 0 spiro atoms. The van der Waals surface area contributed by atoms with Crippen molar-refractivity contribution >= 4 is 27.5 Å². The largest absolute Gasteiger partial charge is 0.395 e. The molecule has 2 aromatic rings. The van der Waals surface area contributed by atoms with Crippen LogP contribution in [0.3, 0.4) is 0 Å². The highest BCUT2D eigenvalue weighted by Gasteiger charge is 2.14. The zero-order valence-electron chi connectivity index (χ0n) is 12.8. The number of halogens is 3. The van der Waals surface area contributed by atoms with Gasteiger partial charge in [-0.25, -0.2) is 8.78 Å². The lowest BCUT2D eigenvalue weighted by atomic mass is 10.2. The maximum atomic E-state index is 13.8. The number of amides is 1. The van der Waals surface area contributed by atoms with E-state index in [2.05, 4.69) is 21.2 Å². The third-order valence-electron chi connectivity index (χ3n) is 3.31. The average molecular weight is 399 g/mol. The fraction of sp³-hybridized carbons (Fsp3) is 0.235. The van der Waals surface area contributed by atoms with Crippen molar-refractivity contribution in [3.05, 3.63) is 64.1 Å². The van der Waals surface area contributed by atoms with Crippen molar-refractivity contribution in [3.63, 3.8) is 0 Å². The van der Waals surface area contributed by atoms with E-state index in [4.69, 9.17) is 5.11 Å². The number of hydrogen-bond acceptors (Lipinski definition) is 3. The lowest BCUT2D eigenvalue weighted by Gasteiger charge is -2.21. The van der Waals surface area contributed by atoms with Gasteiger partial charge in [0.15, 0.2) is 0 Å². The Kier molecular flexibility index (Phi) is 6.84. The molecule has 0 aliphatic carbocycles. The van der Waals surface area contributed by atoms with Gasteiger partial charge in [0, 0.05) is 28.8 Å². The van der Waals surface area contributed by atoms with Crippen molar-refractivity contribution in [2.45, 2.75) is 6.54 Å². The molecular weight excluding hydrogens is 382 g/mol. The SMILES string of the molecule is O=C(CN(CCO)Cc1cc(Br)ccc1F)Nc1ccc(F)cc1. The lowest BCUT2D eigenvalue weighted by molar-refractivity contribution is -0.117. The number of nitrogens with one attached hydrogen (secondary N) is 1. The molecule has 2 aromatic carbocycles. The molecule has 2 rings (SSSR count). The zero-order chi connectivity index (χ0) is 17.5. The highest BCUT2D eigenvalue weighted by Crippen LogP contribution is 2.17. The molecule has 0 radical (unpaired) electrons. The molecular formula is C17H17BrF2N2O2. The summed E-state index contributed by atoms with van der Waals surface area (Å²) in [6.45, 7) is 0.231. The normalized spacial score (nSPS) is 10.9. The molecule has 128 valence electrons. The summed E-state index contributed by atoms with van der Waals surface area (Å²) in [5, 5.41) is 11.8. The van der Waals surface area contributed by atoms with E-state index in [9.17, 15) is 13.6 Å². The molecule has 0 aliphatic heterocycles. The summed E-state index contributed by atoms with van der Waals surface area (Å²) in [5.41, 5.74) is 0.895. The van der Waals surface area contributed by atoms with Gasteiger partial charge < -0.3 is 10.4 Å². The number of carbonyl (C=O) groups excluding carboxylic acids is 1. The average Bonchev–Trinajstić information content (AvgIpc) is 2.53. The summed E-state index contributed by atoms with van der Waals surface area (Å²) in [6, 6.07) is 9.98. The van der Waals surface area contributed by atoms with Gasteiger partial charge in [0.25, 0.3) is 0 Å². The van der Waals surface area contributed by atoms with Crippen molar-refractivity contribution in [1.29, 1.82) is 0 Å². The van der Waals surface area contributed by atoms with Crippen molar-refractivity contribution < 1.29 is 18.7 Å². The minimum atomic E-state index is -0.389. The van der Waals surface area contributed by atoms with E-state index in [-0.39, 0.29) is 43.8 Å². The number of benzene rings is 2.